The Morgan fingerprint density at radius 3 is 2.68 bits per heavy atom. The number of benzene rings is 2. The summed E-state index contributed by atoms with van der Waals surface area (Å²) in [6.07, 6.45) is 1.76. The maximum Gasteiger partial charge on any atom is 0.335 e. The fourth-order valence-electron chi connectivity index (χ4n) is 2.40. The third-order valence-electron chi connectivity index (χ3n) is 3.72. The van der Waals surface area contributed by atoms with E-state index in [1.165, 1.54) is 17.0 Å². The van der Waals surface area contributed by atoms with Crippen molar-refractivity contribution in [2.75, 3.05) is 4.90 Å². The van der Waals surface area contributed by atoms with E-state index in [1.54, 1.807) is 6.08 Å². The highest BCUT2D eigenvalue weighted by atomic mass is 32.2. The monoisotopic (exact) mass is 370 g/mol. The van der Waals surface area contributed by atoms with Crippen LogP contribution < -0.4 is 10.0 Å². The van der Waals surface area contributed by atoms with Gasteiger partial charge in [-0.15, -0.1) is 0 Å². The normalized spacial score (nSPS) is 15.9. The zero-order valence-electron chi connectivity index (χ0n) is 13.1. The van der Waals surface area contributed by atoms with Crippen LogP contribution in [0.15, 0.2) is 47.4 Å². The molecule has 3 rings (SSSR count). The van der Waals surface area contributed by atoms with Crippen LogP contribution in [-0.4, -0.2) is 21.3 Å². The molecule has 2 aromatic rings. The van der Waals surface area contributed by atoms with Crippen LogP contribution in [0, 0.1) is 6.92 Å². The minimum atomic E-state index is -1.34. The lowest BCUT2D eigenvalue weighted by atomic mass is 10.1. The Morgan fingerprint density at radius 1 is 1.28 bits per heavy atom. The van der Waals surface area contributed by atoms with E-state index in [0.717, 1.165) is 29.0 Å². The lowest BCUT2D eigenvalue weighted by molar-refractivity contribution is -0.268. The minimum absolute atomic E-state index is 0.271. The van der Waals surface area contributed by atoms with E-state index in [-0.39, 0.29) is 11.6 Å². The molecule has 0 spiro atoms. The van der Waals surface area contributed by atoms with Crippen molar-refractivity contribution >= 4 is 51.9 Å². The van der Waals surface area contributed by atoms with Crippen molar-refractivity contribution in [1.29, 1.82) is 0 Å². The van der Waals surface area contributed by atoms with E-state index >= 15 is 0 Å². The molecular formula is C18H12NO4S2-. The summed E-state index contributed by atoms with van der Waals surface area (Å²) in [5.74, 6) is -2.29. The number of anilines is 1. The molecule has 0 unspecified atom stereocenters. The summed E-state index contributed by atoms with van der Waals surface area (Å²) in [5.41, 5.74) is 1.81. The van der Waals surface area contributed by atoms with Gasteiger partial charge in [-0.05, 0) is 36.3 Å². The van der Waals surface area contributed by atoms with Gasteiger partial charge in [0.05, 0.1) is 16.2 Å². The Bertz CT molecular complexity index is 936. The molecule has 1 saturated heterocycles. The number of aromatic carboxylic acids is 1. The van der Waals surface area contributed by atoms with Crippen LogP contribution in [0.5, 0.6) is 5.75 Å². The molecule has 1 heterocycles. The largest absolute Gasteiger partial charge is 0.872 e. The smallest absolute Gasteiger partial charge is 0.335 e. The maximum absolute atomic E-state index is 12.7. The zero-order chi connectivity index (χ0) is 18.1. The Balaban J connectivity index is 1.99. The molecule has 1 aliphatic heterocycles. The predicted molar refractivity (Wildman–Crippen MR) is 99.7 cm³/mol. The highest BCUT2D eigenvalue weighted by Crippen LogP contribution is 2.37. The summed E-state index contributed by atoms with van der Waals surface area (Å²) >= 11 is 6.41. The molecule has 0 radical (unpaired) electrons. The van der Waals surface area contributed by atoms with E-state index in [2.05, 4.69) is 0 Å². The molecule has 25 heavy (non-hydrogen) atoms. The fraction of sp³-hybridized carbons (Fsp3) is 0.0556. The number of thiocarbonyl (C=S) groups is 1. The molecule has 0 aliphatic carbocycles. The average molecular weight is 370 g/mol. The van der Waals surface area contributed by atoms with Gasteiger partial charge in [0, 0.05) is 0 Å². The number of carboxylic acids is 1. The maximum atomic E-state index is 12.7. The summed E-state index contributed by atoms with van der Waals surface area (Å²) in [7, 11) is 0. The standard InChI is InChI=1S/C18H13NO4S2/c1-10-4-2-3-5-11(10)8-15-16(21)19(18(24)25-15)12-6-7-14(20)13(9-12)17(22)23/h2-9,20H,1H3,(H,22,23)/p-1/b15-8-. The predicted octanol–water partition coefficient (Wildman–Crippen LogP) is 3.17. The molecule has 126 valence electrons. The van der Waals surface area contributed by atoms with E-state index in [0.29, 0.717) is 9.23 Å². The fourth-order valence-corrected chi connectivity index (χ4v) is 3.69. The topological polar surface area (TPSA) is 80.7 Å². The summed E-state index contributed by atoms with van der Waals surface area (Å²) in [5, 5.41) is 20.7. The second-order valence-electron chi connectivity index (χ2n) is 5.36. The summed E-state index contributed by atoms with van der Waals surface area (Å²) < 4.78 is 0.292. The molecule has 5 nitrogen and oxygen atoms in total. The van der Waals surface area contributed by atoms with Crippen molar-refractivity contribution in [2.24, 2.45) is 0 Å². The van der Waals surface area contributed by atoms with Gasteiger partial charge in [-0.25, -0.2) is 4.79 Å². The summed E-state index contributed by atoms with van der Waals surface area (Å²) in [6.45, 7) is 1.94. The van der Waals surface area contributed by atoms with Gasteiger partial charge in [0.25, 0.3) is 5.91 Å². The van der Waals surface area contributed by atoms with Crippen LogP contribution in [0.2, 0.25) is 0 Å². The molecule has 1 N–H and O–H groups in total. The molecule has 0 atom stereocenters. The van der Waals surface area contributed by atoms with Crippen molar-refractivity contribution < 1.29 is 19.8 Å². The van der Waals surface area contributed by atoms with Crippen molar-refractivity contribution in [3.8, 4) is 5.75 Å². The molecule has 1 aliphatic rings. The van der Waals surface area contributed by atoms with Crippen LogP contribution in [0.4, 0.5) is 5.69 Å². The number of aryl methyl sites for hydroxylation is 1. The Kier molecular flexibility index (Phi) is 4.61. The van der Waals surface area contributed by atoms with E-state index in [1.807, 2.05) is 31.2 Å². The van der Waals surface area contributed by atoms with Gasteiger partial charge in [-0.1, -0.05) is 60.1 Å². The van der Waals surface area contributed by atoms with Crippen molar-refractivity contribution in [2.45, 2.75) is 6.92 Å². The van der Waals surface area contributed by atoms with Gasteiger partial charge in [0.1, 0.15) is 0 Å². The molecule has 0 bridgehead atoms. The number of thioether (sulfide) groups is 1. The lowest BCUT2D eigenvalue weighted by Crippen LogP contribution is -2.27. The van der Waals surface area contributed by atoms with Gasteiger partial charge < -0.3 is 10.2 Å². The minimum Gasteiger partial charge on any atom is -0.872 e. The van der Waals surface area contributed by atoms with Crippen LogP contribution >= 0.6 is 24.0 Å². The molecular weight excluding hydrogens is 358 g/mol. The number of hydrogen-bond acceptors (Lipinski definition) is 5. The second kappa shape index (κ2) is 6.70. The van der Waals surface area contributed by atoms with Crippen LogP contribution in [0.25, 0.3) is 6.08 Å². The zero-order valence-corrected chi connectivity index (χ0v) is 14.7. The second-order valence-corrected chi connectivity index (χ2v) is 7.04. The van der Waals surface area contributed by atoms with E-state index < -0.39 is 17.3 Å². The number of carboxylic acid groups (broad SMARTS) is 1. The molecule has 1 fully saturated rings. The number of carbonyl (C=O) groups is 2. The first-order valence-corrected chi connectivity index (χ1v) is 8.49. The lowest BCUT2D eigenvalue weighted by Gasteiger charge is -2.18. The Hall–Kier alpha value is -2.64. The molecule has 7 heteroatoms. The number of hydrogen-bond donors (Lipinski definition) is 1. The number of nitrogens with zero attached hydrogens (tertiary/aromatic N) is 1. The van der Waals surface area contributed by atoms with Gasteiger partial charge in [0.2, 0.25) is 0 Å². The highest BCUT2D eigenvalue weighted by Gasteiger charge is 2.33. The third kappa shape index (κ3) is 3.29. The van der Waals surface area contributed by atoms with Gasteiger partial charge in [-0.3, -0.25) is 9.69 Å². The van der Waals surface area contributed by atoms with Gasteiger partial charge >= 0.3 is 5.97 Å². The summed E-state index contributed by atoms with van der Waals surface area (Å²) in [6, 6.07) is 11.3. The van der Waals surface area contributed by atoms with Crippen LogP contribution in [0.3, 0.4) is 0 Å². The Morgan fingerprint density at radius 2 is 2.00 bits per heavy atom. The first-order chi connectivity index (χ1) is 11.9. The van der Waals surface area contributed by atoms with Gasteiger partial charge in [-0.2, -0.15) is 0 Å². The van der Waals surface area contributed by atoms with Crippen LogP contribution in [-0.2, 0) is 4.79 Å². The average Bonchev–Trinajstić information content (AvgIpc) is 2.84. The van der Waals surface area contributed by atoms with Gasteiger partial charge in [0.15, 0.2) is 4.32 Å². The number of carbonyl (C=O) groups excluding carboxylic acids is 1. The first kappa shape index (κ1) is 17.2. The third-order valence-corrected chi connectivity index (χ3v) is 5.02. The molecule has 0 aromatic heterocycles. The van der Waals surface area contributed by atoms with Crippen molar-refractivity contribution in [3.63, 3.8) is 0 Å². The Labute approximate surface area is 153 Å². The van der Waals surface area contributed by atoms with E-state index in [9.17, 15) is 14.7 Å². The number of rotatable bonds is 3. The van der Waals surface area contributed by atoms with Crippen LogP contribution in [0.1, 0.15) is 21.5 Å². The molecule has 2 aromatic carbocycles. The molecule has 1 amide bonds. The van der Waals surface area contributed by atoms with E-state index in [4.69, 9.17) is 17.3 Å². The van der Waals surface area contributed by atoms with Crippen molar-refractivity contribution in [3.05, 3.63) is 64.1 Å². The van der Waals surface area contributed by atoms with Crippen molar-refractivity contribution in [1.82, 2.24) is 0 Å². The quantitative estimate of drug-likeness (QED) is 0.660. The SMILES string of the molecule is Cc1ccccc1/C=C1\SC(=S)N(c2ccc([O-])c(C(=O)O)c2)C1=O. The first-order valence-electron chi connectivity index (χ1n) is 7.26. The summed E-state index contributed by atoms with van der Waals surface area (Å²) in [4.78, 5) is 25.6. The molecule has 0 saturated carbocycles. The highest BCUT2D eigenvalue weighted by molar-refractivity contribution is 8.27. The number of amides is 1.